The van der Waals surface area contributed by atoms with Gasteiger partial charge in [0, 0.05) is 10.7 Å². The van der Waals surface area contributed by atoms with Crippen molar-refractivity contribution in [2.24, 2.45) is 0 Å². The third-order valence-electron chi connectivity index (χ3n) is 5.88. The highest BCUT2D eigenvalue weighted by Crippen LogP contribution is 2.30. The number of amides is 1. The number of hydrogen-bond acceptors (Lipinski definition) is 8. The monoisotopic (exact) mass is 534 g/mol. The topological polar surface area (TPSA) is 122 Å². The van der Waals surface area contributed by atoms with Gasteiger partial charge in [-0.2, -0.15) is 0 Å². The van der Waals surface area contributed by atoms with Crippen LogP contribution in [0, 0.1) is 0 Å². The average molecular weight is 535 g/mol. The van der Waals surface area contributed by atoms with E-state index in [9.17, 15) is 9.59 Å². The minimum atomic E-state index is -1.04. The number of rotatable bonds is 8. The Balaban J connectivity index is 1.33. The molecule has 1 aliphatic heterocycles. The number of nitrogens with one attached hydrogen (secondary N) is 1. The second-order valence-corrected chi connectivity index (χ2v) is 8.81. The second kappa shape index (κ2) is 11.4. The lowest BCUT2D eigenvalue weighted by Crippen LogP contribution is -2.52. The fraction of sp³-hybridized carbons (Fsp3) is 0.154. The summed E-state index contributed by atoms with van der Waals surface area (Å²) in [4.78, 5) is 36.5. The van der Waals surface area contributed by atoms with Crippen molar-refractivity contribution in [2.45, 2.75) is 12.5 Å². The standard InChI is InChI=1S/C26H23ClN6O5/c27-20-8-11-22(31-13-12-28-30-31)23(15-20)32-16-38-33(17-37-32)24(14-18-4-2-1-3-5-18)25(34)29-21-9-6-19(7-10-21)26(35)36/h1-13,15,24H,14,16-17H2,(H,29,34)(H,35,36). The van der Waals surface area contributed by atoms with Crippen molar-refractivity contribution in [1.29, 1.82) is 0 Å². The van der Waals surface area contributed by atoms with E-state index in [0.717, 1.165) is 5.56 Å². The fourth-order valence-corrected chi connectivity index (χ4v) is 4.12. The molecule has 1 unspecified atom stereocenters. The number of anilines is 2. The van der Waals surface area contributed by atoms with Gasteiger partial charge in [0.1, 0.15) is 6.04 Å². The van der Waals surface area contributed by atoms with Crippen LogP contribution in [0.2, 0.25) is 5.02 Å². The number of carboxylic acid groups (broad SMARTS) is 1. The minimum Gasteiger partial charge on any atom is -0.478 e. The largest absolute Gasteiger partial charge is 0.478 e. The van der Waals surface area contributed by atoms with Crippen LogP contribution in [-0.2, 0) is 20.9 Å². The van der Waals surface area contributed by atoms with Crippen LogP contribution < -0.4 is 10.4 Å². The van der Waals surface area contributed by atoms with Gasteiger partial charge in [0.15, 0.2) is 13.5 Å². The van der Waals surface area contributed by atoms with Gasteiger partial charge < -0.3 is 10.4 Å². The summed E-state index contributed by atoms with van der Waals surface area (Å²) in [6.45, 7) is -0.0693. The minimum absolute atomic E-state index is 0.0199. The molecule has 11 nitrogen and oxygen atoms in total. The van der Waals surface area contributed by atoms with Gasteiger partial charge in [-0.1, -0.05) is 47.1 Å². The van der Waals surface area contributed by atoms with E-state index in [1.807, 2.05) is 30.3 Å². The van der Waals surface area contributed by atoms with Crippen LogP contribution >= 0.6 is 11.6 Å². The zero-order valence-corrected chi connectivity index (χ0v) is 20.7. The highest BCUT2D eigenvalue weighted by Gasteiger charge is 2.32. The van der Waals surface area contributed by atoms with Crippen molar-refractivity contribution in [3.05, 3.63) is 101 Å². The molecule has 0 radical (unpaired) electrons. The van der Waals surface area contributed by atoms with Crippen LogP contribution in [-0.4, -0.2) is 56.5 Å². The van der Waals surface area contributed by atoms with Crippen LogP contribution in [0.5, 0.6) is 0 Å². The summed E-state index contributed by atoms with van der Waals surface area (Å²) in [6, 6.07) is 20.0. The maximum absolute atomic E-state index is 13.4. The fourth-order valence-electron chi connectivity index (χ4n) is 3.96. The highest BCUT2D eigenvalue weighted by molar-refractivity contribution is 6.31. The molecule has 1 aromatic heterocycles. The first-order valence-electron chi connectivity index (χ1n) is 11.6. The SMILES string of the molecule is O=C(O)c1ccc(NC(=O)C(Cc2ccccc2)N2CON(c3cc(Cl)ccc3-n3ccnn3)CO2)cc1. The number of carbonyl (C=O) groups is 2. The molecule has 1 atom stereocenters. The lowest BCUT2D eigenvalue weighted by atomic mass is 10.0. The highest BCUT2D eigenvalue weighted by atomic mass is 35.5. The number of benzene rings is 3. The average Bonchev–Trinajstić information content (AvgIpc) is 3.47. The first-order chi connectivity index (χ1) is 18.5. The third kappa shape index (κ3) is 5.82. The number of carbonyl (C=O) groups excluding carboxylic acids is 1. The Kier molecular flexibility index (Phi) is 7.61. The van der Waals surface area contributed by atoms with Crippen LogP contribution in [0.15, 0.2) is 85.2 Å². The molecule has 1 saturated heterocycles. The molecule has 1 amide bonds. The quantitative estimate of drug-likeness (QED) is 0.348. The molecule has 2 heterocycles. The Morgan fingerprint density at radius 2 is 1.79 bits per heavy atom. The number of aromatic nitrogens is 3. The molecule has 2 N–H and O–H groups in total. The molecule has 0 saturated carbocycles. The van der Waals surface area contributed by atoms with Crippen molar-refractivity contribution in [3.63, 3.8) is 0 Å². The number of nitrogens with zero attached hydrogens (tertiary/aromatic N) is 5. The van der Waals surface area contributed by atoms with Crippen LogP contribution in [0.4, 0.5) is 11.4 Å². The van der Waals surface area contributed by atoms with Gasteiger partial charge in [-0.3, -0.25) is 14.5 Å². The number of halogens is 1. The van der Waals surface area contributed by atoms with Gasteiger partial charge in [-0.25, -0.2) is 14.5 Å². The lowest BCUT2D eigenvalue weighted by Gasteiger charge is -2.38. The van der Waals surface area contributed by atoms with Crippen LogP contribution in [0.3, 0.4) is 0 Å². The molecule has 5 rings (SSSR count). The number of aromatic carboxylic acids is 1. The molecular formula is C26H23ClN6O5. The predicted molar refractivity (Wildman–Crippen MR) is 139 cm³/mol. The molecule has 0 aliphatic carbocycles. The number of hydroxylamine groups is 3. The maximum atomic E-state index is 13.4. The summed E-state index contributed by atoms with van der Waals surface area (Å²) >= 11 is 6.25. The summed E-state index contributed by atoms with van der Waals surface area (Å²) in [6.07, 6.45) is 3.62. The van der Waals surface area contributed by atoms with Gasteiger partial charge in [0.05, 0.1) is 29.3 Å². The van der Waals surface area contributed by atoms with E-state index in [2.05, 4.69) is 15.6 Å². The summed E-state index contributed by atoms with van der Waals surface area (Å²) in [5, 5.41) is 23.4. The van der Waals surface area contributed by atoms with Gasteiger partial charge in [0.2, 0.25) is 5.91 Å². The summed E-state index contributed by atoms with van der Waals surface area (Å²) in [5.41, 5.74) is 2.83. The Hall–Kier alpha value is -4.29. The van der Waals surface area contributed by atoms with E-state index in [1.165, 1.54) is 22.3 Å². The summed E-state index contributed by atoms with van der Waals surface area (Å²) in [7, 11) is 0. The zero-order chi connectivity index (χ0) is 26.5. The van der Waals surface area contributed by atoms with E-state index in [0.29, 0.717) is 28.5 Å². The van der Waals surface area contributed by atoms with Crippen molar-refractivity contribution >= 4 is 34.9 Å². The summed E-state index contributed by atoms with van der Waals surface area (Å²) < 4.78 is 1.59. The van der Waals surface area contributed by atoms with Gasteiger partial charge in [-0.15, -0.1) is 10.2 Å². The molecule has 1 aliphatic rings. The second-order valence-electron chi connectivity index (χ2n) is 8.37. The zero-order valence-electron chi connectivity index (χ0n) is 20.0. The predicted octanol–water partition coefficient (Wildman–Crippen LogP) is 3.77. The van der Waals surface area contributed by atoms with Crippen molar-refractivity contribution in [1.82, 2.24) is 20.1 Å². The molecular weight excluding hydrogens is 512 g/mol. The van der Waals surface area contributed by atoms with E-state index in [1.54, 1.807) is 47.4 Å². The summed E-state index contributed by atoms with van der Waals surface area (Å²) in [5.74, 6) is -1.38. The molecule has 0 spiro atoms. The third-order valence-corrected chi connectivity index (χ3v) is 6.11. The van der Waals surface area contributed by atoms with E-state index < -0.39 is 12.0 Å². The van der Waals surface area contributed by atoms with Crippen molar-refractivity contribution in [3.8, 4) is 5.69 Å². The van der Waals surface area contributed by atoms with Crippen LogP contribution in [0.25, 0.3) is 5.69 Å². The first kappa shape index (κ1) is 25.4. The molecule has 38 heavy (non-hydrogen) atoms. The Morgan fingerprint density at radius 3 is 2.45 bits per heavy atom. The molecule has 1 fully saturated rings. The van der Waals surface area contributed by atoms with Gasteiger partial charge >= 0.3 is 5.97 Å². The van der Waals surface area contributed by atoms with E-state index in [-0.39, 0.29) is 24.9 Å². The van der Waals surface area contributed by atoms with Crippen LogP contribution in [0.1, 0.15) is 15.9 Å². The molecule has 194 valence electrons. The van der Waals surface area contributed by atoms with Crippen molar-refractivity contribution in [2.75, 3.05) is 23.8 Å². The lowest BCUT2D eigenvalue weighted by molar-refractivity contribution is -0.279. The van der Waals surface area contributed by atoms with Gasteiger partial charge in [-0.05, 0) is 54.4 Å². The Labute approximate surface area is 222 Å². The van der Waals surface area contributed by atoms with Crippen molar-refractivity contribution < 1.29 is 24.4 Å². The molecule has 0 bridgehead atoms. The Morgan fingerprint density at radius 1 is 1.00 bits per heavy atom. The molecule has 4 aromatic rings. The normalized spacial score (nSPS) is 14.7. The smallest absolute Gasteiger partial charge is 0.335 e. The Bertz CT molecular complexity index is 1390. The van der Waals surface area contributed by atoms with E-state index in [4.69, 9.17) is 26.4 Å². The maximum Gasteiger partial charge on any atom is 0.335 e. The first-order valence-corrected chi connectivity index (χ1v) is 12.0. The number of carboxylic acids is 1. The molecule has 3 aromatic carbocycles. The van der Waals surface area contributed by atoms with Gasteiger partial charge in [0.25, 0.3) is 0 Å². The van der Waals surface area contributed by atoms with E-state index >= 15 is 0 Å². The molecule has 12 heteroatoms. The number of hydrogen-bond donors (Lipinski definition) is 2.